The van der Waals surface area contributed by atoms with Crippen LogP contribution in [-0.2, 0) is 4.79 Å². The van der Waals surface area contributed by atoms with Gasteiger partial charge in [-0.25, -0.2) is 0 Å². The number of fused-ring (bicyclic) bond motifs is 5. The van der Waals surface area contributed by atoms with E-state index < -0.39 is 0 Å². The molecule has 0 aromatic rings. The van der Waals surface area contributed by atoms with E-state index in [2.05, 4.69) is 39.8 Å². The Morgan fingerprint density at radius 3 is 2.53 bits per heavy atom. The number of rotatable bonds is 7. The predicted molar refractivity (Wildman–Crippen MR) is 135 cm³/mol. The van der Waals surface area contributed by atoms with Crippen molar-refractivity contribution >= 4 is 5.78 Å². The van der Waals surface area contributed by atoms with Crippen molar-refractivity contribution in [2.45, 2.75) is 106 Å². The second-order valence-corrected chi connectivity index (χ2v) is 11.7. The van der Waals surface area contributed by atoms with Crippen LogP contribution in [0.15, 0.2) is 23.8 Å². The first-order valence-corrected chi connectivity index (χ1v) is 13.9. The Morgan fingerprint density at radius 1 is 1.09 bits per heavy atom. The predicted octanol–water partition coefficient (Wildman–Crippen LogP) is 7.76. The Balaban J connectivity index is 0.00000141. The number of aliphatic hydroxyl groups excluding tert-OH is 1. The van der Waals surface area contributed by atoms with Crippen LogP contribution in [0.25, 0.3) is 0 Å². The summed E-state index contributed by atoms with van der Waals surface area (Å²) in [7, 11) is 0. The standard InChI is InChI=1S/C28H44O2.C2H6/c1-5-20(18-29)8-6-7-19(2)24-11-12-25-23-10-9-21-17-22(30)13-15-27(21,3)26(23)14-16-28(24,25)4;1-2/h9-10,17,19-20,23-26,29H,5-8,11-16,18H2,1-4H3;1-2H3. The Labute approximate surface area is 198 Å². The third-order valence-electron chi connectivity index (χ3n) is 10.4. The molecule has 0 spiro atoms. The molecule has 0 saturated heterocycles. The Kier molecular flexibility index (Phi) is 8.51. The highest BCUT2D eigenvalue weighted by Gasteiger charge is 2.58. The zero-order valence-electron chi connectivity index (χ0n) is 21.8. The molecular weight excluding hydrogens is 392 g/mol. The molecule has 0 aliphatic heterocycles. The summed E-state index contributed by atoms with van der Waals surface area (Å²) in [5.74, 6) is 4.71. The van der Waals surface area contributed by atoms with Crippen molar-refractivity contribution in [3.05, 3.63) is 23.8 Å². The van der Waals surface area contributed by atoms with Gasteiger partial charge in [-0.3, -0.25) is 4.79 Å². The molecule has 0 heterocycles. The maximum atomic E-state index is 12.0. The van der Waals surface area contributed by atoms with E-state index in [1.807, 2.05) is 19.9 Å². The van der Waals surface area contributed by atoms with Gasteiger partial charge in [0, 0.05) is 13.0 Å². The highest BCUT2D eigenvalue weighted by molar-refractivity contribution is 5.92. The van der Waals surface area contributed by atoms with Gasteiger partial charge in [0.1, 0.15) is 0 Å². The van der Waals surface area contributed by atoms with Gasteiger partial charge in [-0.05, 0) is 96.5 Å². The lowest BCUT2D eigenvalue weighted by Crippen LogP contribution is -2.49. The van der Waals surface area contributed by atoms with E-state index >= 15 is 0 Å². The molecule has 0 aromatic carbocycles. The van der Waals surface area contributed by atoms with Crippen molar-refractivity contribution < 1.29 is 9.90 Å². The minimum Gasteiger partial charge on any atom is -0.396 e. The molecule has 2 fully saturated rings. The third-order valence-corrected chi connectivity index (χ3v) is 10.4. The van der Waals surface area contributed by atoms with Crippen molar-refractivity contribution in [3.8, 4) is 0 Å². The molecule has 4 rings (SSSR count). The van der Waals surface area contributed by atoms with Crippen molar-refractivity contribution in [1.29, 1.82) is 0 Å². The molecule has 8 unspecified atom stereocenters. The zero-order chi connectivity index (χ0) is 23.5. The summed E-state index contributed by atoms with van der Waals surface area (Å²) in [6.45, 7) is 14.1. The first kappa shape index (κ1) is 25.7. The van der Waals surface area contributed by atoms with Crippen molar-refractivity contribution in [1.82, 2.24) is 0 Å². The summed E-state index contributed by atoms with van der Waals surface area (Å²) >= 11 is 0. The number of hydrogen-bond donors (Lipinski definition) is 1. The summed E-state index contributed by atoms with van der Waals surface area (Å²) in [6, 6.07) is 0. The van der Waals surface area contributed by atoms with Crippen LogP contribution in [0.1, 0.15) is 106 Å². The maximum absolute atomic E-state index is 12.0. The van der Waals surface area contributed by atoms with Crippen molar-refractivity contribution in [2.24, 2.45) is 46.3 Å². The van der Waals surface area contributed by atoms with Crippen LogP contribution >= 0.6 is 0 Å². The van der Waals surface area contributed by atoms with Gasteiger partial charge in [0.2, 0.25) is 0 Å². The summed E-state index contributed by atoms with van der Waals surface area (Å²) in [6.07, 6.45) is 19.0. The molecule has 182 valence electrons. The number of aliphatic hydroxyl groups is 1. The SMILES string of the molecule is CC.CCC(CO)CCCC(C)C1CCC2C3C=CC4=CC(=O)CCC4(C)C3CCC12C. The molecule has 8 atom stereocenters. The molecule has 0 aromatic heterocycles. The van der Waals surface area contributed by atoms with E-state index in [-0.39, 0.29) is 5.41 Å². The first-order valence-electron chi connectivity index (χ1n) is 13.9. The van der Waals surface area contributed by atoms with Crippen LogP contribution in [-0.4, -0.2) is 17.5 Å². The van der Waals surface area contributed by atoms with Gasteiger partial charge in [-0.2, -0.15) is 0 Å². The Morgan fingerprint density at radius 2 is 1.84 bits per heavy atom. The van der Waals surface area contributed by atoms with Gasteiger partial charge in [-0.1, -0.05) is 73.0 Å². The summed E-state index contributed by atoms with van der Waals surface area (Å²) < 4.78 is 0. The molecule has 4 aliphatic carbocycles. The number of carbonyl (C=O) groups excluding carboxylic acids is 1. The van der Waals surface area contributed by atoms with E-state index in [0.717, 1.165) is 42.9 Å². The molecule has 32 heavy (non-hydrogen) atoms. The van der Waals surface area contributed by atoms with E-state index in [1.165, 1.54) is 50.5 Å². The largest absolute Gasteiger partial charge is 0.396 e. The summed E-state index contributed by atoms with van der Waals surface area (Å²) in [5, 5.41) is 9.50. The molecule has 2 saturated carbocycles. The van der Waals surface area contributed by atoms with Crippen LogP contribution in [0.4, 0.5) is 0 Å². The fourth-order valence-electron chi connectivity index (χ4n) is 8.33. The average molecular weight is 443 g/mol. The van der Waals surface area contributed by atoms with Crippen LogP contribution < -0.4 is 0 Å². The van der Waals surface area contributed by atoms with Crippen molar-refractivity contribution in [2.75, 3.05) is 6.61 Å². The topological polar surface area (TPSA) is 37.3 Å². The van der Waals surface area contributed by atoms with E-state index in [4.69, 9.17) is 0 Å². The number of allylic oxidation sites excluding steroid dienone is 4. The second kappa shape index (κ2) is 10.6. The molecule has 4 aliphatic rings. The Bertz CT molecular complexity index is 702. The van der Waals surface area contributed by atoms with Gasteiger partial charge in [0.15, 0.2) is 5.78 Å². The molecular formula is C30H50O2. The van der Waals surface area contributed by atoms with Gasteiger partial charge < -0.3 is 5.11 Å². The number of carbonyl (C=O) groups is 1. The average Bonchev–Trinajstić information content (AvgIpc) is 3.16. The van der Waals surface area contributed by atoms with E-state index in [1.54, 1.807) is 0 Å². The quantitative estimate of drug-likeness (QED) is 0.437. The lowest BCUT2D eigenvalue weighted by Gasteiger charge is -2.56. The monoisotopic (exact) mass is 442 g/mol. The first-order chi connectivity index (χ1) is 15.3. The molecule has 2 nitrogen and oxygen atoms in total. The van der Waals surface area contributed by atoms with E-state index in [9.17, 15) is 9.90 Å². The second-order valence-electron chi connectivity index (χ2n) is 11.7. The van der Waals surface area contributed by atoms with Gasteiger partial charge in [0.05, 0.1) is 0 Å². The summed E-state index contributed by atoms with van der Waals surface area (Å²) in [5.41, 5.74) is 2.02. The molecule has 0 amide bonds. The van der Waals surface area contributed by atoms with Crippen molar-refractivity contribution in [3.63, 3.8) is 0 Å². The molecule has 1 N–H and O–H groups in total. The minimum absolute atomic E-state index is 0.220. The van der Waals surface area contributed by atoms with Gasteiger partial charge in [-0.15, -0.1) is 0 Å². The number of hydrogen-bond acceptors (Lipinski definition) is 2. The smallest absolute Gasteiger partial charge is 0.156 e. The lowest BCUT2D eigenvalue weighted by atomic mass is 9.48. The van der Waals surface area contributed by atoms with Gasteiger partial charge in [0.25, 0.3) is 0 Å². The highest BCUT2D eigenvalue weighted by Crippen LogP contribution is 2.66. The van der Waals surface area contributed by atoms with Crippen LogP contribution in [0.2, 0.25) is 0 Å². The number of ketones is 1. The highest BCUT2D eigenvalue weighted by atomic mass is 16.3. The van der Waals surface area contributed by atoms with Crippen LogP contribution in [0, 0.1) is 46.3 Å². The normalized spacial score (nSPS) is 39.7. The fourth-order valence-corrected chi connectivity index (χ4v) is 8.33. The molecule has 0 radical (unpaired) electrons. The zero-order valence-corrected chi connectivity index (χ0v) is 21.8. The third kappa shape index (κ3) is 4.55. The Hall–Kier alpha value is -0.890. The molecule has 2 heteroatoms. The van der Waals surface area contributed by atoms with Crippen LogP contribution in [0.5, 0.6) is 0 Å². The lowest BCUT2D eigenvalue weighted by molar-refractivity contribution is -0.116. The summed E-state index contributed by atoms with van der Waals surface area (Å²) in [4.78, 5) is 12.0. The maximum Gasteiger partial charge on any atom is 0.156 e. The van der Waals surface area contributed by atoms with E-state index in [0.29, 0.717) is 29.6 Å². The minimum atomic E-state index is 0.220. The van der Waals surface area contributed by atoms with Gasteiger partial charge >= 0.3 is 0 Å². The fraction of sp³-hybridized carbons (Fsp3) is 0.833. The van der Waals surface area contributed by atoms with Crippen LogP contribution in [0.3, 0.4) is 0 Å². The molecule has 0 bridgehead atoms.